The first kappa shape index (κ1) is 21.5. The van der Waals surface area contributed by atoms with Gasteiger partial charge in [-0.15, -0.1) is 12.4 Å². The second-order valence-electron chi connectivity index (χ2n) is 5.85. The third-order valence-electron chi connectivity index (χ3n) is 3.84. The largest absolute Gasteiger partial charge is 0.491 e. The molecule has 1 aromatic rings. The predicted octanol–water partition coefficient (Wildman–Crippen LogP) is 2.08. The van der Waals surface area contributed by atoms with Gasteiger partial charge in [-0.3, -0.25) is 4.79 Å². The number of hydrogen-bond donors (Lipinski definition) is 2. The van der Waals surface area contributed by atoms with E-state index in [1.54, 1.807) is 7.05 Å². The van der Waals surface area contributed by atoms with Crippen LogP contribution in [0, 0.1) is 0 Å². The molecule has 25 heavy (non-hydrogen) atoms. The maximum absolute atomic E-state index is 12.5. The number of nitrogens with zero attached hydrogens (tertiary/aromatic N) is 1. The summed E-state index contributed by atoms with van der Waals surface area (Å²) >= 11 is 0. The van der Waals surface area contributed by atoms with Crippen LogP contribution in [-0.2, 0) is 11.0 Å². The summed E-state index contributed by atoms with van der Waals surface area (Å²) in [7, 11) is 1.60. The molecular formula is C16H22ClF3N2O3. The van der Waals surface area contributed by atoms with Gasteiger partial charge in [0.15, 0.2) is 0 Å². The number of nitrogens with one attached hydrogen (secondary N) is 1. The summed E-state index contributed by atoms with van der Waals surface area (Å²) in [4.78, 5) is 13.5. The third-order valence-corrected chi connectivity index (χ3v) is 3.84. The van der Waals surface area contributed by atoms with Gasteiger partial charge in [-0.25, -0.2) is 0 Å². The molecule has 1 aromatic carbocycles. The van der Waals surface area contributed by atoms with E-state index < -0.39 is 17.8 Å². The van der Waals surface area contributed by atoms with Crippen LogP contribution in [-0.4, -0.2) is 54.8 Å². The van der Waals surface area contributed by atoms with Crippen LogP contribution < -0.4 is 10.1 Å². The zero-order valence-corrected chi connectivity index (χ0v) is 14.6. The number of aliphatic hydroxyl groups excluding tert-OH is 1. The summed E-state index contributed by atoms with van der Waals surface area (Å²) in [6.07, 6.45) is -3.59. The average molecular weight is 383 g/mol. The van der Waals surface area contributed by atoms with Crippen LogP contribution in [0.3, 0.4) is 0 Å². The maximum atomic E-state index is 12.5. The number of aliphatic hydroxyl groups is 1. The van der Waals surface area contributed by atoms with Gasteiger partial charge in [0.1, 0.15) is 18.5 Å². The number of carbonyl (C=O) groups excluding carboxylic acids is 1. The lowest BCUT2D eigenvalue weighted by molar-refractivity contribution is -0.137. The first-order valence-electron chi connectivity index (χ1n) is 7.74. The Morgan fingerprint density at radius 3 is 2.56 bits per heavy atom. The molecule has 0 aliphatic carbocycles. The van der Waals surface area contributed by atoms with Gasteiger partial charge < -0.3 is 20.1 Å². The molecule has 5 nitrogen and oxygen atoms in total. The molecule has 0 aromatic heterocycles. The fraction of sp³-hybridized carbons (Fsp3) is 0.562. The Bertz CT molecular complexity index is 549. The van der Waals surface area contributed by atoms with Gasteiger partial charge in [0, 0.05) is 13.6 Å². The minimum atomic E-state index is -4.39. The highest BCUT2D eigenvalue weighted by Gasteiger charge is 2.30. The molecule has 1 amide bonds. The number of benzene rings is 1. The van der Waals surface area contributed by atoms with Gasteiger partial charge in [-0.05, 0) is 43.7 Å². The fourth-order valence-corrected chi connectivity index (χ4v) is 2.55. The SMILES string of the molecule is CN(CC(O)COc1ccc(C(F)(F)F)cc1)C(=O)C1CCCN1.Cl. The van der Waals surface area contributed by atoms with Crippen molar-refractivity contribution in [3.63, 3.8) is 0 Å². The van der Waals surface area contributed by atoms with Crippen molar-refractivity contribution in [3.8, 4) is 5.75 Å². The van der Waals surface area contributed by atoms with Crippen molar-refractivity contribution in [2.75, 3.05) is 26.7 Å². The highest BCUT2D eigenvalue weighted by Crippen LogP contribution is 2.30. The molecule has 9 heteroatoms. The molecule has 2 rings (SSSR count). The standard InChI is InChI=1S/C16H21F3N2O3.ClH/c1-21(15(23)14-3-2-8-20-14)9-12(22)10-24-13-6-4-11(5-7-13)16(17,18)19;/h4-7,12,14,20,22H,2-3,8-10H2,1H3;1H. The van der Waals surface area contributed by atoms with E-state index in [9.17, 15) is 23.1 Å². The van der Waals surface area contributed by atoms with Crippen molar-refractivity contribution >= 4 is 18.3 Å². The minimum absolute atomic E-state index is 0. The first-order chi connectivity index (χ1) is 11.3. The van der Waals surface area contributed by atoms with Gasteiger partial charge in [0.05, 0.1) is 11.6 Å². The fourth-order valence-electron chi connectivity index (χ4n) is 2.55. The Morgan fingerprint density at radius 2 is 2.04 bits per heavy atom. The third kappa shape index (κ3) is 6.37. The molecule has 2 atom stereocenters. The molecule has 1 heterocycles. The van der Waals surface area contributed by atoms with E-state index >= 15 is 0 Å². The number of amides is 1. The van der Waals surface area contributed by atoms with Crippen LogP contribution in [0.4, 0.5) is 13.2 Å². The lowest BCUT2D eigenvalue weighted by Gasteiger charge is -2.24. The molecule has 1 aliphatic rings. The molecule has 1 aliphatic heterocycles. The van der Waals surface area contributed by atoms with Gasteiger partial charge in [0.25, 0.3) is 0 Å². The van der Waals surface area contributed by atoms with E-state index in [1.807, 2.05) is 0 Å². The average Bonchev–Trinajstić information content (AvgIpc) is 3.06. The first-order valence-corrected chi connectivity index (χ1v) is 7.74. The number of hydrogen-bond acceptors (Lipinski definition) is 4. The van der Waals surface area contributed by atoms with Crippen molar-refractivity contribution < 1.29 is 27.8 Å². The van der Waals surface area contributed by atoms with Crippen LogP contribution in [0.5, 0.6) is 5.75 Å². The molecule has 142 valence electrons. The summed E-state index contributed by atoms with van der Waals surface area (Å²) in [5.41, 5.74) is -0.759. The highest BCUT2D eigenvalue weighted by molar-refractivity contribution is 5.85. The predicted molar refractivity (Wildman–Crippen MR) is 88.9 cm³/mol. The van der Waals surface area contributed by atoms with Crippen molar-refractivity contribution in [2.24, 2.45) is 0 Å². The Hall–Kier alpha value is -1.51. The number of carbonyl (C=O) groups is 1. The van der Waals surface area contributed by atoms with Gasteiger partial charge in [0.2, 0.25) is 5.91 Å². The molecule has 1 saturated heterocycles. The van der Waals surface area contributed by atoms with Gasteiger partial charge in [-0.1, -0.05) is 0 Å². The summed E-state index contributed by atoms with van der Waals surface area (Å²) in [6, 6.07) is 4.03. The van der Waals surface area contributed by atoms with E-state index in [0.29, 0.717) is 0 Å². The summed E-state index contributed by atoms with van der Waals surface area (Å²) < 4.78 is 42.6. The molecule has 0 spiro atoms. The summed E-state index contributed by atoms with van der Waals surface area (Å²) in [6.45, 7) is 0.794. The van der Waals surface area contributed by atoms with Crippen LogP contribution in [0.15, 0.2) is 24.3 Å². The van der Waals surface area contributed by atoms with Crippen LogP contribution in [0.25, 0.3) is 0 Å². The molecule has 2 N–H and O–H groups in total. The Morgan fingerprint density at radius 1 is 1.40 bits per heavy atom. The van der Waals surface area contributed by atoms with E-state index in [0.717, 1.165) is 31.5 Å². The molecule has 1 fully saturated rings. The van der Waals surface area contributed by atoms with E-state index in [-0.39, 0.29) is 43.3 Å². The van der Waals surface area contributed by atoms with Crippen LogP contribution in [0.1, 0.15) is 18.4 Å². The lowest BCUT2D eigenvalue weighted by Crippen LogP contribution is -2.45. The normalized spacial score (nSPS) is 18.4. The minimum Gasteiger partial charge on any atom is -0.491 e. The smallest absolute Gasteiger partial charge is 0.416 e. The van der Waals surface area contributed by atoms with Gasteiger partial charge in [-0.2, -0.15) is 13.2 Å². The number of alkyl halides is 3. The Kier molecular flexibility index (Phi) is 7.98. The summed E-state index contributed by atoms with van der Waals surface area (Å²) in [5, 5.41) is 13.0. The second-order valence-corrected chi connectivity index (χ2v) is 5.85. The molecule has 0 radical (unpaired) electrons. The number of halogens is 4. The topological polar surface area (TPSA) is 61.8 Å². The van der Waals surface area contributed by atoms with E-state index in [4.69, 9.17) is 4.74 Å². The Balaban J connectivity index is 0.00000312. The monoisotopic (exact) mass is 382 g/mol. The van der Waals surface area contributed by atoms with Crippen molar-refractivity contribution in [2.45, 2.75) is 31.2 Å². The van der Waals surface area contributed by atoms with Crippen LogP contribution in [0.2, 0.25) is 0 Å². The maximum Gasteiger partial charge on any atom is 0.416 e. The number of likely N-dealkylation sites (N-methyl/N-ethyl adjacent to an activating group) is 1. The second kappa shape index (κ2) is 9.26. The Labute approximate surface area is 150 Å². The van der Waals surface area contributed by atoms with Crippen molar-refractivity contribution in [1.82, 2.24) is 10.2 Å². The summed E-state index contributed by atoms with van der Waals surface area (Å²) in [5.74, 6) is 0.148. The van der Waals surface area contributed by atoms with Crippen LogP contribution >= 0.6 is 12.4 Å². The van der Waals surface area contributed by atoms with Crippen molar-refractivity contribution in [1.29, 1.82) is 0 Å². The zero-order chi connectivity index (χ0) is 17.7. The lowest BCUT2D eigenvalue weighted by atomic mass is 10.2. The molecular weight excluding hydrogens is 361 g/mol. The van der Waals surface area contributed by atoms with E-state index in [1.165, 1.54) is 17.0 Å². The number of rotatable bonds is 6. The molecule has 0 bridgehead atoms. The van der Waals surface area contributed by atoms with Gasteiger partial charge >= 0.3 is 6.18 Å². The quantitative estimate of drug-likeness (QED) is 0.790. The molecule has 0 saturated carbocycles. The zero-order valence-electron chi connectivity index (χ0n) is 13.8. The van der Waals surface area contributed by atoms with Crippen molar-refractivity contribution in [3.05, 3.63) is 29.8 Å². The molecule has 2 unspecified atom stereocenters. The number of ether oxygens (including phenoxy) is 1. The van der Waals surface area contributed by atoms with E-state index in [2.05, 4.69) is 5.32 Å². The highest BCUT2D eigenvalue weighted by atomic mass is 35.5.